The molecule has 0 fully saturated rings. The smallest absolute Gasteiger partial charge is 0.262 e. The van der Waals surface area contributed by atoms with Crippen LogP contribution < -0.4 is 14.8 Å². The summed E-state index contributed by atoms with van der Waals surface area (Å²) in [7, 11) is -0.844. The molecule has 32 heavy (non-hydrogen) atoms. The van der Waals surface area contributed by atoms with Gasteiger partial charge in [0.05, 0.1) is 24.3 Å². The van der Waals surface area contributed by atoms with Crippen molar-refractivity contribution in [2.45, 2.75) is 25.0 Å². The fourth-order valence-corrected chi connectivity index (χ4v) is 4.58. The van der Waals surface area contributed by atoms with Crippen molar-refractivity contribution >= 4 is 21.6 Å². The van der Waals surface area contributed by atoms with Crippen molar-refractivity contribution < 1.29 is 22.7 Å². The maximum absolute atomic E-state index is 13.0. The van der Waals surface area contributed by atoms with Gasteiger partial charge >= 0.3 is 0 Å². The molecular formula is C24H26N2O5S. The molecule has 0 radical (unpaired) electrons. The van der Waals surface area contributed by atoms with Crippen LogP contribution in [0.5, 0.6) is 5.75 Å². The van der Waals surface area contributed by atoms with Crippen molar-refractivity contribution in [3.8, 4) is 5.75 Å². The minimum Gasteiger partial charge on any atom is -0.495 e. The molecule has 0 atom stereocenters. The Bertz CT molecular complexity index is 1210. The highest BCUT2D eigenvalue weighted by molar-refractivity contribution is 7.92. The van der Waals surface area contributed by atoms with E-state index < -0.39 is 10.0 Å². The zero-order chi connectivity index (χ0) is 23.1. The number of carbonyl (C=O) groups is 1. The summed E-state index contributed by atoms with van der Waals surface area (Å²) in [6.07, 6.45) is 0. The molecule has 0 unspecified atom stereocenters. The van der Waals surface area contributed by atoms with Crippen LogP contribution in [-0.4, -0.2) is 28.5 Å². The predicted molar refractivity (Wildman–Crippen MR) is 123 cm³/mol. The normalized spacial score (nSPS) is 11.1. The highest BCUT2D eigenvalue weighted by atomic mass is 32.2. The number of aryl methyl sites for hydroxylation is 1. The van der Waals surface area contributed by atoms with Crippen LogP contribution in [-0.2, 0) is 27.9 Å². The van der Waals surface area contributed by atoms with Gasteiger partial charge in [0.2, 0.25) is 0 Å². The van der Waals surface area contributed by atoms with Crippen molar-refractivity contribution in [1.82, 2.24) is 5.32 Å². The number of sulfonamides is 1. The lowest BCUT2D eigenvalue weighted by atomic mass is 10.1. The van der Waals surface area contributed by atoms with Gasteiger partial charge in [-0.3, -0.25) is 9.52 Å². The molecule has 0 bridgehead atoms. The molecule has 3 aromatic carbocycles. The van der Waals surface area contributed by atoms with Gasteiger partial charge in [0.15, 0.2) is 0 Å². The molecule has 7 nitrogen and oxygen atoms in total. The molecule has 0 saturated heterocycles. The van der Waals surface area contributed by atoms with Gasteiger partial charge in [-0.2, -0.15) is 0 Å². The number of hydrogen-bond acceptors (Lipinski definition) is 5. The summed E-state index contributed by atoms with van der Waals surface area (Å²) in [5.74, 6) is 0.0363. The lowest BCUT2D eigenvalue weighted by Crippen LogP contribution is -2.23. The quantitative estimate of drug-likeness (QED) is 0.512. The lowest BCUT2D eigenvalue weighted by Gasteiger charge is -2.14. The Morgan fingerprint density at radius 1 is 0.938 bits per heavy atom. The first-order valence-corrected chi connectivity index (χ1v) is 11.4. The SMILES string of the molecule is COCc1cccc(CNC(=O)c2ccc(C)c(S(=O)(=O)Nc3ccccc3OC)c2)c1. The van der Waals surface area contributed by atoms with Gasteiger partial charge in [-0.15, -0.1) is 0 Å². The number of amides is 1. The summed E-state index contributed by atoms with van der Waals surface area (Å²) in [5, 5.41) is 2.84. The number of anilines is 1. The van der Waals surface area contributed by atoms with Crippen molar-refractivity contribution in [3.05, 3.63) is 89.0 Å². The van der Waals surface area contributed by atoms with Gasteiger partial charge < -0.3 is 14.8 Å². The molecular weight excluding hydrogens is 428 g/mol. The zero-order valence-corrected chi connectivity index (χ0v) is 19.0. The van der Waals surface area contributed by atoms with Crippen LogP contribution in [0.4, 0.5) is 5.69 Å². The summed E-state index contributed by atoms with van der Waals surface area (Å²) in [6, 6.07) is 19.0. The Morgan fingerprint density at radius 3 is 2.44 bits per heavy atom. The fraction of sp³-hybridized carbons (Fsp3) is 0.208. The van der Waals surface area contributed by atoms with Gasteiger partial charge in [-0.05, 0) is 47.9 Å². The average Bonchev–Trinajstić information content (AvgIpc) is 2.78. The Morgan fingerprint density at radius 2 is 1.69 bits per heavy atom. The van der Waals surface area contributed by atoms with Gasteiger partial charge in [0, 0.05) is 19.2 Å². The number of methoxy groups -OCH3 is 2. The van der Waals surface area contributed by atoms with Crippen molar-refractivity contribution in [2.75, 3.05) is 18.9 Å². The van der Waals surface area contributed by atoms with Crippen LogP contribution >= 0.6 is 0 Å². The van der Waals surface area contributed by atoms with Gasteiger partial charge in [-0.25, -0.2) is 8.42 Å². The first kappa shape index (κ1) is 23.3. The van der Waals surface area contributed by atoms with Gasteiger partial charge in [-0.1, -0.05) is 42.5 Å². The average molecular weight is 455 g/mol. The standard InChI is InChI=1S/C24H26N2O5S/c1-17-11-12-20(24(27)25-15-18-7-6-8-19(13-18)16-30-2)14-23(17)32(28,29)26-21-9-4-5-10-22(21)31-3/h4-14,26H,15-16H2,1-3H3,(H,25,27). The molecule has 3 rings (SSSR count). The van der Waals surface area contributed by atoms with E-state index in [-0.39, 0.29) is 16.4 Å². The summed E-state index contributed by atoms with van der Waals surface area (Å²) < 4.78 is 39.0. The number of benzene rings is 3. The molecule has 2 N–H and O–H groups in total. The van der Waals surface area contributed by atoms with Crippen molar-refractivity contribution in [3.63, 3.8) is 0 Å². The highest BCUT2D eigenvalue weighted by Crippen LogP contribution is 2.27. The summed E-state index contributed by atoms with van der Waals surface area (Å²) in [5.41, 5.74) is 3.02. The van der Waals surface area contributed by atoms with E-state index in [1.807, 2.05) is 24.3 Å². The third-order valence-corrected chi connectivity index (χ3v) is 6.35. The van der Waals surface area contributed by atoms with Crippen molar-refractivity contribution in [2.24, 2.45) is 0 Å². The molecule has 0 aliphatic carbocycles. The molecule has 3 aromatic rings. The van der Waals surface area contributed by atoms with E-state index in [1.165, 1.54) is 13.2 Å². The topological polar surface area (TPSA) is 93.7 Å². The minimum atomic E-state index is -3.94. The minimum absolute atomic E-state index is 0.0261. The molecule has 0 spiro atoms. The summed E-state index contributed by atoms with van der Waals surface area (Å²) >= 11 is 0. The second-order valence-electron chi connectivity index (χ2n) is 7.22. The largest absolute Gasteiger partial charge is 0.495 e. The van der Waals surface area contributed by atoms with E-state index in [0.29, 0.717) is 30.2 Å². The second-order valence-corrected chi connectivity index (χ2v) is 8.87. The monoisotopic (exact) mass is 454 g/mol. The van der Waals surface area contributed by atoms with Crippen LogP contribution in [0.2, 0.25) is 0 Å². The van der Waals surface area contributed by atoms with Crippen LogP contribution in [0.25, 0.3) is 0 Å². The lowest BCUT2D eigenvalue weighted by molar-refractivity contribution is 0.0950. The Hall–Kier alpha value is -3.36. The Balaban J connectivity index is 1.78. The Kier molecular flexibility index (Phi) is 7.50. The Labute approximate surface area is 188 Å². The first-order chi connectivity index (χ1) is 15.3. The van der Waals surface area contributed by atoms with Gasteiger partial charge in [0.25, 0.3) is 15.9 Å². The van der Waals surface area contributed by atoms with E-state index in [2.05, 4.69) is 10.0 Å². The van der Waals surface area contributed by atoms with E-state index in [0.717, 1.165) is 11.1 Å². The van der Waals surface area contributed by atoms with Crippen LogP contribution in [0.3, 0.4) is 0 Å². The molecule has 1 amide bonds. The third-order valence-electron chi connectivity index (χ3n) is 4.85. The van der Waals surface area contributed by atoms with Crippen LogP contribution in [0.1, 0.15) is 27.0 Å². The van der Waals surface area contributed by atoms with E-state index in [1.54, 1.807) is 50.4 Å². The van der Waals surface area contributed by atoms with E-state index in [9.17, 15) is 13.2 Å². The molecule has 0 aromatic heterocycles. The molecule has 0 heterocycles. The molecule has 8 heteroatoms. The predicted octanol–water partition coefficient (Wildman–Crippen LogP) is 3.88. The second kappa shape index (κ2) is 10.3. The number of carbonyl (C=O) groups excluding carboxylic acids is 1. The summed E-state index contributed by atoms with van der Waals surface area (Å²) in [6.45, 7) is 2.48. The van der Waals surface area contributed by atoms with Crippen LogP contribution in [0, 0.1) is 6.92 Å². The molecule has 0 aliphatic heterocycles. The molecule has 0 aliphatic rings. The number of ether oxygens (including phenoxy) is 2. The zero-order valence-electron chi connectivity index (χ0n) is 18.2. The third kappa shape index (κ3) is 5.66. The van der Waals surface area contributed by atoms with Crippen molar-refractivity contribution in [1.29, 1.82) is 0 Å². The fourth-order valence-electron chi connectivity index (χ4n) is 3.24. The van der Waals surface area contributed by atoms with Crippen LogP contribution in [0.15, 0.2) is 71.6 Å². The highest BCUT2D eigenvalue weighted by Gasteiger charge is 2.20. The molecule has 168 valence electrons. The first-order valence-electron chi connectivity index (χ1n) is 9.95. The number of hydrogen-bond donors (Lipinski definition) is 2. The van der Waals surface area contributed by atoms with E-state index in [4.69, 9.17) is 9.47 Å². The molecule has 0 saturated carbocycles. The number of nitrogens with one attached hydrogen (secondary N) is 2. The number of rotatable bonds is 9. The summed E-state index contributed by atoms with van der Waals surface area (Å²) in [4.78, 5) is 12.7. The maximum atomic E-state index is 13.0. The number of para-hydroxylation sites is 2. The van der Waals surface area contributed by atoms with Gasteiger partial charge in [0.1, 0.15) is 5.75 Å². The maximum Gasteiger partial charge on any atom is 0.262 e. The van der Waals surface area contributed by atoms with E-state index >= 15 is 0 Å².